The fourth-order valence-corrected chi connectivity index (χ4v) is 2.40. The van der Waals surface area contributed by atoms with Gasteiger partial charge in [0.05, 0.1) is 5.56 Å². The van der Waals surface area contributed by atoms with Crippen LogP contribution in [-0.2, 0) is 6.18 Å². The Hall–Kier alpha value is -1.37. The van der Waals surface area contributed by atoms with E-state index in [1.54, 1.807) is 11.9 Å². The highest BCUT2D eigenvalue weighted by atomic mass is 32.1. The van der Waals surface area contributed by atoms with Crippen molar-refractivity contribution >= 4 is 23.0 Å². The Bertz CT molecular complexity index is 512. The van der Waals surface area contributed by atoms with E-state index in [1.807, 2.05) is 0 Å². The van der Waals surface area contributed by atoms with E-state index in [0.29, 0.717) is 18.0 Å². The predicted octanol–water partition coefficient (Wildman–Crippen LogP) is 2.97. The molecular weight excluding hydrogens is 287 g/mol. The van der Waals surface area contributed by atoms with Gasteiger partial charge in [0.1, 0.15) is 16.5 Å². The molecule has 7 heteroatoms. The lowest BCUT2D eigenvalue weighted by Gasteiger charge is -2.31. The van der Waals surface area contributed by atoms with E-state index in [0.717, 1.165) is 18.9 Å². The van der Waals surface area contributed by atoms with Gasteiger partial charge >= 0.3 is 6.18 Å². The van der Waals surface area contributed by atoms with Crippen LogP contribution >= 0.6 is 12.2 Å². The smallest absolute Gasteiger partial charge is 0.389 e. The molecular formula is C13H16F3N3S. The predicted molar refractivity (Wildman–Crippen MR) is 75.7 cm³/mol. The summed E-state index contributed by atoms with van der Waals surface area (Å²) in [6.07, 6.45) is -1.09. The number of pyridine rings is 1. The molecule has 0 amide bonds. The molecule has 1 saturated carbocycles. The van der Waals surface area contributed by atoms with E-state index in [1.165, 1.54) is 12.5 Å². The molecule has 0 aliphatic heterocycles. The summed E-state index contributed by atoms with van der Waals surface area (Å²) in [5.41, 5.74) is 5.03. The van der Waals surface area contributed by atoms with E-state index < -0.39 is 11.9 Å². The van der Waals surface area contributed by atoms with Gasteiger partial charge < -0.3 is 10.6 Å². The van der Waals surface area contributed by atoms with E-state index in [2.05, 4.69) is 4.98 Å². The van der Waals surface area contributed by atoms with Crippen molar-refractivity contribution in [2.75, 3.05) is 18.5 Å². The first-order chi connectivity index (χ1) is 9.29. The molecule has 0 saturated heterocycles. The van der Waals surface area contributed by atoms with Gasteiger partial charge in [-0.15, -0.1) is 0 Å². The van der Waals surface area contributed by atoms with Gasteiger partial charge in [-0.25, -0.2) is 4.98 Å². The van der Waals surface area contributed by atoms with Crippen molar-refractivity contribution in [3.63, 3.8) is 0 Å². The van der Waals surface area contributed by atoms with Crippen molar-refractivity contribution in [3.8, 4) is 0 Å². The highest BCUT2D eigenvalue weighted by molar-refractivity contribution is 7.80. The zero-order chi connectivity index (χ0) is 14.9. The third-order valence-corrected chi connectivity index (χ3v) is 3.77. The van der Waals surface area contributed by atoms with Gasteiger partial charge in [0.25, 0.3) is 0 Å². The standard InChI is InChI=1S/C13H16F3N3S/c1-19(7-8-3-2-4-8)12-9(11(17)20)5-6-10(18-12)13(14,15)16/h5-6,8H,2-4,7H2,1H3,(H2,17,20). The zero-order valence-corrected chi connectivity index (χ0v) is 11.9. The maximum atomic E-state index is 12.8. The molecule has 1 fully saturated rings. The lowest BCUT2D eigenvalue weighted by molar-refractivity contribution is -0.141. The largest absolute Gasteiger partial charge is 0.433 e. The van der Waals surface area contributed by atoms with E-state index in [9.17, 15) is 13.2 Å². The third-order valence-electron chi connectivity index (χ3n) is 3.55. The molecule has 1 aliphatic carbocycles. The summed E-state index contributed by atoms with van der Waals surface area (Å²) in [5.74, 6) is 0.717. The van der Waals surface area contributed by atoms with Crippen molar-refractivity contribution in [2.24, 2.45) is 11.7 Å². The van der Waals surface area contributed by atoms with Crippen molar-refractivity contribution in [1.82, 2.24) is 4.98 Å². The van der Waals surface area contributed by atoms with Crippen LogP contribution in [0.1, 0.15) is 30.5 Å². The Kier molecular flexibility index (Phi) is 4.17. The minimum atomic E-state index is -4.47. The van der Waals surface area contributed by atoms with Crippen LogP contribution in [-0.4, -0.2) is 23.6 Å². The van der Waals surface area contributed by atoms with Crippen LogP contribution in [0.4, 0.5) is 19.0 Å². The Morgan fingerprint density at radius 2 is 2.10 bits per heavy atom. The fourth-order valence-electron chi connectivity index (χ4n) is 2.24. The second-order valence-electron chi connectivity index (χ2n) is 5.11. The molecule has 1 aromatic rings. The Labute approximate surface area is 121 Å². The van der Waals surface area contributed by atoms with Gasteiger partial charge in [-0.05, 0) is 30.9 Å². The number of thiocarbonyl (C=S) groups is 1. The number of halogens is 3. The maximum absolute atomic E-state index is 12.8. The first-order valence-corrected chi connectivity index (χ1v) is 6.79. The SMILES string of the molecule is CN(CC1CCC1)c1nc(C(F)(F)F)ccc1C(N)=S. The summed E-state index contributed by atoms with van der Waals surface area (Å²) >= 11 is 4.89. The van der Waals surface area contributed by atoms with E-state index in [4.69, 9.17) is 18.0 Å². The molecule has 2 N–H and O–H groups in total. The van der Waals surface area contributed by atoms with Gasteiger partial charge in [0.2, 0.25) is 0 Å². The van der Waals surface area contributed by atoms with E-state index >= 15 is 0 Å². The Balaban J connectivity index is 2.32. The maximum Gasteiger partial charge on any atom is 0.433 e. The summed E-state index contributed by atoms with van der Waals surface area (Å²) in [4.78, 5) is 5.48. The van der Waals surface area contributed by atoms with Gasteiger partial charge in [-0.1, -0.05) is 18.6 Å². The van der Waals surface area contributed by atoms with Gasteiger partial charge in [0, 0.05) is 13.6 Å². The Morgan fingerprint density at radius 1 is 1.45 bits per heavy atom. The summed E-state index contributed by atoms with van der Waals surface area (Å²) < 4.78 is 38.3. The van der Waals surface area contributed by atoms with Gasteiger partial charge in [-0.2, -0.15) is 13.2 Å². The molecule has 1 aliphatic rings. The molecule has 0 atom stereocenters. The van der Waals surface area contributed by atoms with Crippen LogP contribution in [0, 0.1) is 5.92 Å². The molecule has 1 heterocycles. The van der Waals surface area contributed by atoms with Crippen molar-refractivity contribution < 1.29 is 13.2 Å². The highest BCUT2D eigenvalue weighted by Crippen LogP contribution is 2.32. The number of hydrogen-bond donors (Lipinski definition) is 1. The molecule has 0 unspecified atom stereocenters. The van der Waals surface area contributed by atoms with Crippen molar-refractivity contribution in [3.05, 3.63) is 23.4 Å². The third kappa shape index (κ3) is 3.20. The number of anilines is 1. The Morgan fingerprint density at radius 3 is 2.55 bits per heavy atom. The molecule has 20 heavy (non-hydrogen) atoms. The number of alkyl halides is 3. The lowest BCUT2D eigenvalue weighted by Crippen LogP contribution is -2.32. The van der Waals surface area contributed by atoms with E-state index in [-0.39, 0.29) is 10.8 Å². The lowest BCUT2D eigenvalue weighted by atomic mass is 9.85. The number of hydrogen-bond acceptors (Lipinski definition) is 3. The number of rotatable bonds is 4. The summed E-state index contributed by atoms with van der Waals surface area (Å²) in [6.45, 7) is 0.671. The molecule has 3 nitrogen and oxygen atoms in total. The average molecular weight is 303 g/mol. The van der Waals surface area contributed by atoms with Crippen LogP contribution in [0.3, 0.4) is 0 Å². The second-order valence-corrected chi connectivity index (χ2v) is 5.55. The van der Waals surface area contributed by atoms with Crippen LogP contribution < -0.4 is 10.6 Å². The number of nitrogens with zero attached hydrogens (tertiary/aromatic N) is 2. The normalized spacial score (nSPS) is 15.8. The summed E-state index contributed by atoms with van der Waals surface area (Å²) in [5, 5.41) is 0. The topological polar surface area (TPSA) is 42.2 Å². The van der Waals surface area contributed by atoms with Crippen LogP contribution in [0.15, 0.2) is 12.1 Å². The zero-order valence-electron chi connectivity index (χ0n) is 11.1. The minimum Gasteiger partial charge on any atom is -0.389 e. The summed E-state index contributed by atoms with van der Waals surface area (Å²) in [7, 11) is 1.72. The summed E-state index contributed by atoms with van der Waals surface area (Å²) in [6, 6.07) is 2.21. The van der Waals surface area contributed by atoms with Crippen molar-refractivity contribution in [2.45, 2.75) is 25.4 Å². The first kappa shape index (κ1) is 15.0. The van der Waals surface area contributed by atoms with Crippen molar-refractivity contribution in [1.29, 1.82) is 0 Å². The number of aromatic nitrogens is 1. The minimum absolute atomic E-state index is 0.0571. The molecule has 0 bridgehead atoms. The number of nitrogens with two attached hydrogens (primary N) is 1. The molecule has 0 aromatic carbocycles. The molecule has 2 rings (SSSR count). The van der Waals surface area contributed by atoms with Crippen LogP contribution in [0.5, 0.6) is 0 Å². The quantitative estimate of drug-likeness (QED) is 0.868. The van der Waals surface area contributed by atoms with Crippen LogP contribution in [0.2, 0.25) is 0 Å². The molecule has 110 valence electrons. The highest BCUT2D eigenvalue weighted by Gasteiger charge is 2.34. The fraction of sp³-hybridized carbons (Fsp3) is 0.538. The van der Waals surface area contributed by atoms with Crippen LogP contribution in [0.25, 0.3) is 0 Å². The second kappa shape index (κ2) is 5.55. The molecule has 1 aromatic heterocycles. The molecule has 0 radical (unpaired) electrons. The van der Waals surface area contributed by atoms with Gasteiger partial charge in [-0.3, -0.25) is 0 Å². The monoisotopic (exact) mass is 303 g/mol. The van der Waals surface area contributed by atoms with Gasteiger partial charge in [0.15, 0.2) is 0 Å². The first-order valence-electron chi connectivity index (χ1n) is 6.38. The molecule has 0 spiro atoms. The average Bonchev–Trinajstić information content (AvgIpc) is 2.31.